The fourth-order valence-corrected chi connectivity index (χ4v) is 2.11. The summed E-state index contributed by atoms with van der Waals surface area (Å²) in [5, 5.41) is 3.92. The van der Waals surface area contributed by atoms with Crippen LogP contribution in [-0.4, -0.2) is 9.97 Å². The normalized spacial score (nSPS) is 10.2. The summed E-state index contributed by atoms with van der Waals surface area (Å²) in [5.74, 6) is 0. The van der Waals surface area contributed by atoms with E-state index in [0.29, 0.717) is 16.6 Å². The maximum atomic E-state index is 5.99. The lowest BCUT2D eigenvalue weighted by Crippen LogP contribution is -2.13. The molecule has 1 aromatic carbocycles. The first kappa shape index (κ1) is 13.8. The number of hydrogen-bond acceptors (Lipinski definition) is 3. The van der Waals surface area contributed by atoms with E-state index in [-0.39, 0.29) is 0 Å². The zero-order valence-electron chi connectivity index (χ0n) is 10.5. The van der Waals surface area contributed by atoms with Gasteiger partial charge in [-0.25, -0.2) is 0 Å². The Balaban J connectivity index is 2.22. The SMILES string of the molecule is Cc1cccnc1CNc1cc(Cl)ccc1C(N)=S. The molecule has 1 aromatic heterocycles. The lowest BCUT2D eigenvalue weighted by molar-refractivity contribution is 1.02. The number of pyridine rings is 1. The summed E-state index contributed by atoms with van der Waals surface area (Å²) in [6.07, 6.45) is 1.77. The van der Waals surface area contributed by atoms with Crippen LogP contribution in [-0.2, 0) is 6.54 Å². The maximum absolute atomic E-state index is 5.99. The van der Waals surface area contributed by atoms with Crippen LogP contribution < -0.4 is 11.1 Å². The molecule has 0 aliphatic carbocycles. The van der Waals surface area contributed by atoms with E-state index in [9.17, 15) is 0 Å². The quantitative estimate of drug-likeness (QED) is 0.849. The van der Waals surface area contributed by atoms with Crippen molar-refractivity contribution >= 4 is 34.5 Å². The predicted molar refractivity (Wildman–Crippen MR) is 83.6 cm³/mol. The van der Waals surface area contributed by atoms with Crippen molar-refractivity contribution in [3.05, 3.63) is 58.4 Å². The standard InChI is InChI=1S/C14H14ClN3S/c1-9-3-2-6-17-13(9)8-18-12-7-10(15)4-5-11(12)14(16)19/h2-7,18H,8H2,1H3,(H2,16,19). The van der Waals surface area contributed by atoms with Crippen molar-refractivity contribution in [2.75, 3.05) is 5.32 Å². The number of aromatic nitrogens is 1. The van der Waals surface area contributed by atoms with E-state index in [0.717, 1.165) is 22.5 Å². The fourth-order valence-electron chi connectivity index (χ4n) is 1.76. The first-order valence-electron chi connectivity index (χ1n) is 5.81. The Morgan fingerprint density at radius 3 is 2.89 bits per heavy atom. The summed E-state index contributed by atoms with van der Waals surface area (Å²) in [6.45, 7) is 2.62. The molecular weight excluding hydrogens is 278 g/mol. The third-order valence-corrected chi connectivity index (χ3v) is 3.27. The van der Waals surface area contributed by atoms with E-state index in [1.165, 1.54) is 0 Å². The van der Waals surface area contributed by atoms with Gasteiger partial charge in [0.2, 0.25) is 0 Å². The van der Waals surface area contributed by atoms with E-state index < -0.39 is 0 Å². The van der Waals surface area contributed by atoms with Gasteiger partial charge in [-0.15, -0.1) is 0 Å². The van der Waals surface area contributed by atoms with Gasteiger partial charge in [0, 0.05) is 22.5 Å². The second-order valence-electron chi connectivity index (χ2n) is 4.17. The minimum Gasteiger partial charge on any atom is -0.389 e. The molecule has 0 spiro atoms. The summed E-state index contributed by atoms with van der Waals surface area (Å²) in [5.41, 5.74) is 9.42. The van der Waals surface area contributed by atoms with Crippen molar-refractivity contribution < 1.29 is 0 Å². The van der Waals surface area contributed by atoms with Gasteiger partial charge in [-0.1, -0.05) is 29.9 Å². The van der Waals surface area contributed by atoms with Crippen molar-refractivity contribution in [3.8, 4) is 0 Å². The van der Waals surface area contributed by atoms with Crippen molar-refractivity contribution in [1.82, 2.24) is 4.98 Å². The number of nitrogens with two attached hydrogens (primary N) is 1. The molecule has 2 rings (SSSR count). The molecule has 0 saturated heterocycles. The van der Waals surface area contributed by atoms with Gasteiger partial charge in [-0.3, -0.25) is 4.98 Å². The van der Waals surface area contributed by atoms with Gasteiger partial charge in [0.15, 0.2) is 0 Å². The number of nitrogens with one attached hydrogen (secondary N) is 1. The Kier molecular flexibility index (Phi) is 4.35. The molecule has 0 atom stereocenters. The summed E-state index contributed by atoms with van der Waals surface area (Å²) >= 11 is 11.0. The number of nitrogens with zero attached hydrogens (tertiary/aromatic N) is 1. The molecule has 0 aliphatic rings. The molecule has 0 fully saturated rings. The number of halogens is 1. The molecule has 0 radical (unpaired) electrons. The van der Waals surface area contributed by atoms with Gasteiger partial charge >= 0.3 is 0 Å². The van der Waals surface area contributed by atoms with Gasteiger partial charge in [0.1, 0.15) is 4.99 Å². The molecular formula is C14H14ClN3S. The van der Waals surface area contributed by atoms with E-state index >= 15 is 0 Å². The monoisotopic (exact) mass is 291 g/mol. The highest BCUT2D eigenvalue weighted by molar-refractivity contribution is 7.80. The summed E-state index contributed by atoms with van der Waals surface area (Å²) in [6, 6.07) is 9.34. The predicted octanol–water partition coefficient (Wildman–Crippen LogP) is 3.29. The van der Waals surface area contributed by atoms with Crippen molar-refractivity contribution in [2.45, 2.75) is 13.5 Å². The van der Waals surface area contributed by atoms with Crippen LogP contribution in [0.1, 0.15) is 16.8 Å². The zero-order chi connectivity index (χ0) is 13.8. The summed E-state index contributed by atoms with van der Waals surface area (Å²) < 4.78 is 0. The van der Waals surface area contributed by atoms with E-state index in [1.807, 2.05) is 31.2 Å². The Morgan fingerprint density at radius 2 is 2.21 bits per heavy atom. The molecule has 0 bridgehead atoms. The third kappa shape index (κ3) is 3.43. The molecule has 3 nitrogen and oxygen atoms in total. The maximum Gasteiger partial charge on any atom is 0.106 e. The molecule has 1 heterocycles. The molecule has 0 amide bonds. The highest BCUT2D eigenvalue weighted by Crippen LogP contribution is 2.22. The zero-order valence-corrected chi connectivity index (χ0v) is 12.1. The lowest BCUT2D eigenvalue weighted by atomic mass is 10.1. The second kappa shape index (κ2) is 5.99. The summed E-state index contributed by atoms with van der Waals surface area (Å²) in [7, 11) is 0. The molecule has 3 N–H and O–H groups in total. The van der Waals surface area contributed by atoms with Crippen molar-refractivity contribution in [2.24, 2.45) is 5.73 Å². The van der Waals surface area contributed by atoms with Crippen LogP contribution >= 0.6 is 23.8 Å². The average molecular weight is 292 g/mol. The van der Waals surface area contributed by atoms with E-state index in [1.54, 1.807) is 12.3 Å². The molecule has 0 aliphatic heterocycles. The number of aryl methyl sites for hydroxylation is 1. The minimum absolute atomic E-state index is 0.344. The molecule has 5 heteroatoms. The first-order chi connectivity index (χ1) is 9.08. The fraction of sp³-hybridized carbons (Fsp3) is 0.143. The summed E-state index contributed by atoms with van der Waals surface area (Å²) in [4.78, 5) is 4.68. The van der Waals surface area contributed by atoms with Crippen molar-refractivity contribution in [3.63, 3.8) is 0 Å². The number of benzene rings is 1. The number of thiocarbonyl (C=S) groups is 1. The third-order valence-electron chi connectivity index (χ3n) is 2.81. The van der Waals surface area contributed by atoms with Gasteiger partial charge in [-0.2, -0.15) is 0 Å². The number of anilines is 1. The lowest BCUT2D eigenvalue weighted by Gasteiger charge is -2.12. The topological polar surface area (TPSA) is 50.9 Å². The Hall–Kier alpha value is -1.65. The van der Waals surface area contributed by atoms with Gasteiger partial charge in [0.25, 0.3) is 0 Å². The second-order valence-corrected chi connectivity index (χ2v) is 5.05. The number of rotatable bonds is 4. The van der Waals surface area contributed by atoms with Crippen LogP contribution in [0.3, 0.4) is 0 Å². The average Bonchev–Trinajstić information content (AvgIpc) is 2.37. The van der Waals surface area contributed by atoms with Gasteiger partial charge < -0.3 is 11.1 Å². The highest BCUT2D eigenvalue weighted by atomic mass is 35.5. The minimum atomic E-state index is 0.344. The van der Waals surface area contributed by atoms with Crippen LogP contribution in [0.5, 0.6) is 0 Å². The van der Waals surface area contributed by atoms with Crippen LogP contribution in [0.15, 0.2) is 36.5 Å². The Labute approximate surface area is 122 Å². The molecule has 0 unspecified atom stereocenters. The molecule has 2 aromatic rings. The Bertz CT molecular complexity index is 613. The number of hydrogen-bond donors (Lipinski definition) is 2. The first-order valence-corrected chi connectivity index (χ1v) is 6.60. The van der Waals surface area contributed by atoms with Crippen molar-refractivity contribution in [1.29, 1.82) is 0 Å². The molecule has 0 saturated carbocycles. The van der Waals surface area contributed by atoms with Crippen LogP contribution in [0.25, 0.3) is 0 Å². The van der Waals surface area contributed by atoms with Crippen LogP contribution in [0.4, 0.5) is 5.69 Å². The van der Waals surface area contributed by atoms with Gasteiger partial charge in [-0.05, 0) is 36.8 Å². The smallest absolute Gasteiger partial charge is 0.106 e. The van der Waals surface area contributed by atoms with E-state index in [4.69, 9.17) is 29.6 Å². The molecule has 98 valence electrons. The molecule has 19 heavy (non-hydrogen) atoms. The largest absolute Gasteiger partial charge is 0.389 e. The van der Waals surface area contributed by atoms with Crippen LogP contribution in [0.2, 0.25) is 5.02 Å². The van der Waals surface area contributed by atoms with Gasteiger partial charge in [0.05, 0.1) is 12.2 Å². The Morgan fingerprint density at radius 1 is 1.42 bits per heavy atom. The highest BCUT2D eigenvalue weighted by Gasteiger charge is 2.07. The van der Waals surface area contributed by atoms with Crippen LogP contribution in [0, 0.1) is 6.92 Å². The van der Waals surface area contributed by atoms with E-state index in [2.05, 4.69) is 10.3 Å².